The molecule has 5 atom stereocenters. The number of urea groups is 1. The second kappa shape index (κ2) is 7.90. The van der Waals surface area contributed by atoms with Gasteiger partial charge in [-0.05, 0) is 13.0 Å². The smallest absolute Gasteiger partial charge is 0.370 e. The summed E-state index contributed by atoms with van der Waals surface area (Å²) in [7, 11) is 0. The molecule has 0 saturated heterocycles. The largest absolute Gasteiger partial charge is 0.480 e. The number of hydrogen-bond donors (Lipinski definition) is 6. The first-order chi connectivity index (χ1) is 10.7. The van der Waals surface area contributed by atoms with Crippen LogP contribution in [0.15, 0.2) is 11.8 Å². The fourth-order valence-corrected chi connectivity index (χ4v) is 2.42. The van der Waals surface area contributed by atoms with Crippen molar-refractivity contribution in [3.8, 4) is 0 Å². The van der Waals surface area contributed by atoms with Crippen molar-refractivity contribution >= 4 is 17.8 Å². The van der Waals surface area contributed by atoms with Gasteiger partial charge >= 0.3 is 12.0 Å². The maximum absolute atomic E-state index is 11.4. The number of amides is 2. The minimum absolute atomic E-state index is 0.172. The highest BCUT2D eigenvalue weighted by Crippen LogP contribution is 2.30. The molecule has 0 aromatic heterocycles. The maximum atomic E-state index is 11.4. The SMILES string of the molecule is CC(=O)C[C@H]1[C@H]([C@H](O)[C@H](O)CO)OC(C(=O)O)=C[C@@H]1NC(N)=O. The topological polar surface area (TPSA) is 179 Å². The van der Waals surface area contributed by atoms with Crippen LogP contribution < -0.4 is 11.1 Å². The third kappa shape index (κ3) is 4.91. The molecule has 10 heteroatoms. The first-order valence-electron chi connectivity index (χ1n) is 6.81. The molecule has 0 unspecified atom stereocenters. The van der Waals surface area contributed by atoms with Gasteiger partial charge in [0.1, 0.15) is 24.1 Å². The minimum atomic E-state index is -1.68. The van der Waals surface area contributed by atoms with E-state index in [0.29, 0.717) is 0 Å². The molecule has 0 bridgehead atoms. The van der Waals surface area contributed by atoms with Crippen LogP contribution in [0.4, 0.5) is 4.79 Å². The number of aliphatic hydroxyl groups excluding tert-OH is 3. The van der Waals surface area contributed by atoms with Gasteiger partial charge in [0.15, 0.2) is 0 Å². The highest BCUT2D eigenvalue weighted by atomic mass is 16.5. The molecule has 2 amide bonds. The molecule has 1 heterocycles. The van der Waals surface area contributed by atoms with Gasteiger partial charge in [-0.2, -0.15) is 0 Å². The Morgan fingerprint density at radius 2 is 2.00 bits per heavy atom. The number of ketones is 1. The standard InChI is InChI=1S/C13H20N2O8/c1-5(17)2-6-7(15-13(14)22)3-9(12(20)21)23-11(6)10(19)8(18)4-16/h3,6-8,10-11,16,18-19H,2,4H2,1H3,(H,20,21)(H3,14,15,22)/t6-,7+,8-,10-,11-/m1/s1. The number of hydrogen-bond acceptors (Lipinski definition) is 7. The van der Waals surface area contributed by atoms with Crippen molar-refractivity contribution in [2.24, 2.45) is 11.7 Å². The van der Waals surface area contributed by atoms with E-state index in [4.69, 9.17) is 20.7 Å². The molecule has 130 valence electrons. The Balaban J connectivity index is 3.22. The molecule has 0 radical (unpaired) electrons. The van der Waals surface area contributed by atoms with Crippen LogP contribution >= 0.6 is 0 Å². The van der Waals surface area contributed by atoms with Gasteiger partial charge in [-0.25, -0.2) is 9.59 Å². The lowest BCUT2D eigenvalue weighted by Gasteiger charge is -2.39. The highest BCUT2D eigenvalue weighted by molar-refractivity contribution is 5.85. The van der Waals surface area contributed by atoms with Crippen molar-refractivity contribution in [1.29, 1.82) is 0 Å². The summed E-state index contributed by atoms with van der Waals surface area (Å²) < 4.78 is 5.15. The summed E-state index contributed by atoms with van der Waals surface area (Å²) >= 11 is 0. The fraction of sp³-hybridized carbons (Fsp3) is 0.615. The van der Waals surface area contributed by atoms with Gasteiger partial charge in [0.2, 0.25) is 5.76 Å². The van der Waals surface area contributed by atoms with Crippen molar-refractivity contribution in [1.82, 2.24) is 5.32 Å². The lowest BCUT2D eigenvalue weighted by Crippen LogP contribution is -2.55. The molecule has 10 nitrogen and oxygen atoms in total. The van der Waals surface area contributed by atoms with E-state index in [1.165, 1.54) is 6.92 Å². The zero-order valence-corrected chi connectivity index (χ0v) is 12.4. The van der Waals surface area contributed by atoms with Crippen molar-refractivity contribution in [3.63, 3.8) is 0 Å². The van der Waals surface area contributed by atoms with Gasteiger partial charge in [0.05, 0.1) is 12.6 Å². The lowest BCUT2D eigenvalue weighted by molar-refractivity contribution is -0.149. The average molecular weight is 332 g/mol. The first-order valence-corrected chi connectivity index (χ1v) is 6.81. The number of Topliss-reactive ketones (excluding diaryl/α,β-unsaturated/α-hetero) is 1. The lowest BCUT2D eigenvalue weighted by atomic mass is 9.82. The molecular weight excluding hydrogens is 312 g/mol. The monoisotopic (exact) mass is 332 g/mol. The van der Waals surface area contributed by atoms with Crippen molar-refractivity contribution in [2.75, 3.05) is 6.61 Å². The minimum Gasteiger partial charge on any atom is -0.480 e. The first kappa shape index (κ1) is 18.9. The van der Waals surface area contributed by atoms with Crippen LogP contribution in [0.5, 0.6) is 0 Å². The third-order valence-corrected chi connectivity index (χ3v) is 3.44. The second-order valence-electron chi connectivity index (χ2n) is 5.26. The Bertz CT molecular complexity index is 506. The van der Waals surface area contributed by atoms with Crippen LogP contribution in [0.3, 0.4) is 0 Å². The molecule has 0 aromatic carbocycles. The highest BCUT2D eigenvalue weighted by Gasteiger charge is 2.43. The molecule has 0 saturated carbocycles. The number of carbonyl (C=O) groups is 3. The molecule has 1 aliphatic heterocycles. The summed E-state index contributed by atoms with van der Waals surface area (Å²) in [6.45, 7) is 0.470. The summed E-state index contributed by atoms with van der Waals surface area (Å²) in [6, 6.07) is -1.95. The van der Waals surface area contributed by atoms with E-state index in [0.717, 1.165) is 6.08 Å². The van der Waals surface area contributed by atoms with E-state index in [2.05, 4.69) is 5.32 Å². The number of aliphatic carboxylic acids is 1. The van der Waals surface area contributed by atoms with E-state index in [-0.39, 0.29) is 12.2 Å². The van der Waals surface area contributed by atoms with E-state index in [1.54, 1.807) is 0 Å². The van der Waals surface area contributed by atoms with Crippen molar-refractivity contribution in [2.45, 2.75) is 37.7 Å². The molecule has 1 aliphatic rings. The van der Waals surface area contributed by atoms with Gasteiger partial charge in [-0.1, -0.05) is 0 Å². The number of nitrogens with one attached hydrogen (secondary N) is 1. The number of rotatable bonds is 7. The van der Waals surface area contributed by atoms with Crippen molar-refractivity contribution < 1.29 is 39.5 Å². The number of carbonyl (C=O) groups excluding carboxylic acids is 2. The van der Waals surface area contributed by atoms with E-state index in [9.17, 15) is 24.6 Å². The van der Waals surface area contributed by atoms with Crippen molar-refractivity contribution in [3.05, 3.63) is 11.8 Å². The summed E-state index contributed by atoms with van der Waals surface area (Å²) in [5.74, 6) is -3.21. The zero-order valence-electron chi connectivity index (χ0n) is 12.4. The Hall–Kier alpha value is -2.17. The quantitative estimate of drug-likeness (QED) is 0.301. The molecule has 0 aliphatic carbocycles. The van der Waals surface area contributed by atoms with Crippen LogP contribution in [0, 0.1) is 5.92 Å². The molecule has 0 fully saturated rings. The predicted molar refractivity (Wildman–Crippen MR) is 75.0 cm³/mol. The average Bonchev–Trinajstić information content (AvgIpc) is 2.45. The van der Waals surface area contributed by atoms with E-state index in [1.807, 2.05) is 0 Å². The van der Waals surface area contributed by atoms with E-state index < -0.39 is 54.6 Å². The van der Waals surface area contributed by atoms with Crippen LogP contribution in [0.2, 0.25) is 0 Å². The Labute approximate surface area is 131 Å². The predicted octanol–water partition coefficient (Wildman–Crippen LogP) is -2.30. The summed E-state index contributed by atoms with van der Waals surface area (Å²) in [6.07, 6.45) is -3.74. The summed E-state index contributed by atoms with van der Waals surface area (Å²) in [4.78, 5) is 33.7. The normalized spacial score (nSPS) is 26.4. The maximum Gasteiger partial charge on any atom is 0.370 e. The van der Waals surface area contributed by atoms with Crippen LogP contribution in [-0.2, 0) is 14.3 Å². The zero-order chi connectivity index (χ0) is 17.7. The molecular formula is C13H20N2O8. The van der Waals surface area contributed by atoms with Gasteiger partial charge in [-0.15, -0.1) is 0 Å². The summed E-state index contributed by atoms with van der Waals surface area (Å²) in [5.41, 5.74) is 5.04. The number of nitrogens with two attached hydrogens (primary N) is 1. The van der Waals surface area contributed by atoms with Crippen LogP contribution in [0.1, 0.15) is 13.3 Å². The van der Waals surface area contributed by atoms with Crippen LogP contribution in [0.25, 0.3) is 0 Å². The fourth-order valence-electron chi connectivity index (χ4n) is 2.42. The van der Waals surface area contributed by atoms with Crippen LogP contribution in [-0.4, -0.2) is 69.2 Å². The number of carboxylic acids is 1. The Kier molecular flexibility index (Phi) is 6.49. The number of carboxylic acid groups (broad SMARTS) is 1. The van der Waals surface area contributed by atoms with Gasteiger partial charge in [-0.3, -0.25) is 0 Å². The molecule has 1 rings (SSSR count). The second-order valence-corrected chi connectivity index (χ2v) is 5.26. The third-order valence-electron chi connectivity index (χ3n) is 3.44. The molecule has 0 spiro atoms. The van der Waals surface area contributed by atoms with Gasteiger partial charge in [0, 0.05) is 12.3 Å². The van der Waals surface area contributed by atoms with Gasteiger partial charge in [0.25, 0.3) is 0 Å². The number of primary amides is 1. The number of aliphatic hydroxyl groups is 3. The summed E-state index contributed by atoms with van der Waals surface area (Å²) in [5, 5.41) is 39.9. The van der Waals surface area contributed by atoms with Gasteiger partial charge < -0.3 is 41.0 Å². The molecule has 7 N–H and O–H groups in total. The van der Waals surface area contributed by atoms with E-state index >= 15 is 0 Å². The number of ether oxygens (including phenoxy) is 1. The molecule has 0 aromatic rings. The Morgan fingerprint density at radius 3 is 2.43 bits per heavy atom. The Morgan fingerprint density at radius 1 is 1.39 bits per heavy atom. The molecule has 23 heavy (non-hydrogen) atoms.